The molecule has 0 spiro atoms. The second-order valence-corrected chi connectivity index (χ2v) is 7.10. The minimum atomic E-state index is -3.51. The third kappa shape index (κ3) is 5.61. The number of nitrogens with zero attached hydrogens (tertiary/aromatic N) is 2. The van der Waals surface area contributed by atoms with Gasteiger partial charge in [0, 0.05) is 26.3 Å². The number of aromatic nitrogens is 1. The summed E-state index contributed by atoms with van der Waals surface area (Å²) in [4.78, 5) is 4.32. The second-order valence-electron chi connectivity index (χ2n) is 5.05. The van der Waals surface area contributed by atoms with Gasteiger partial charge >= 0.3 is 0 Å². The first kappa shape index (κ1) is 17.9. The number of hydrogen-bond acceptors (Lipinski definition) is 5. The van der Waals surface area contributed by atoms with Gasteiger partial charge in [0.1, 0.15) is 10.7 Å². The van der Waals surface area contributed by atoms with Crippen molar-refractivity contribution in [2.24, 2.45) is 0 Å². The van der Waals surface area contributed by atoms with Gasteiger partial charge in [-0.3, -0.25) is 0 Å². The maximum Gasteiger partial charge on any atom is 0.244 e. The zero-order chi connectivity index (χ0) is 15.9. The molecule has 0 bridgehead atoms. The number of rotatable bonds is 9. The van der Waals surface area contributed by atoms with Gasteiger partial charge < -0.3 is 10.1 Å². The van der Waals surface area contributed by atoms with Crippen LogP contribution in [0.2, 0.25) is 0 Å². The van der Waals surface area contributed by atoms with Crippen molar-refractivity contribution < 1.29 is 13.2 Å². The van der Waals surface area contributed by atoms with Crippen molar-refractivity contribution in [2.75, 3.05) is 32.1 Å². The number of sulfonamides is 1. The lowest BCUT2D eigenvalue weighted by atomic mass is 10.4. The van der Waals surface area contributed by atoms with E-state index in [1.165, 1.54) is 10.5 Å². The third-order valence-corrected chi connectivity index (χ3v) is 4.70. The summed E-state index contributed by atoms with van der Waals surface area (Å²) in [7, 11) is -1.97. The second kappa shape index (κ2) is 8.31. The predicted molar refractivity (Wildman–Crippen MR) is 83.9 cm³/mol. The van der Waals surface area contributed by atoms with Gasteiger partial charge in [-0.1, -0.05) is 6.92 Å². The van der Waals surface area contributed by atoms with Crippen LogP contribution in [0.5, 0.6) is 0 Å². The zero-order valence-corrected chi connectivity index (χ0v) is 14.0. The van der Waals surface area contributed by atoms with Crippen molar-refractivity contribution in [3.8, 4) is 0 Å². The fourth-order valence-corrected chi connectivity index (χ4v) is 2.71. The Hall–Kier alpha value is -1.18. The molecule has 1 heterocycles. The van der Waals surface area contributed by atoms with Crippen molar-refractivity contribution in [2.45, 2.75) is 38.2 Å². The Kier molecular flexibility index (Phi) is 7.07. The normalized spacial score (nSPS) is 12.1. The molecule has 0 aliphatic rings. The lowest BCUT2D eigenvalue weighted by molar-refractivity contribution is 0.0737. The third-order valence-electron chi connectivity index (χ3n) is 2.86. The summed E-state index contributed by atoms with van der Waals surface area (Å²) in [5.74, 6) is 0.682. The SMILES string of the molecule is CCCNc1ccc(S(=O)(=O)N(C)CCOC(C)C)cn1. The van der Waals surface area contributed by atoms with Gasteiger partial charge in [0.05, 0.1) is 12.7 Å². The molecule has 0 aromatic carbocycles. The Labute approximate surface area is 127 Å². The average molecular weight is 315 g/mol. The van der Waals surface area contributed by atoms with Crippen LogP contribution in [0.1, 0.15) is 27.2 Å². The van der Waals surface area contributed by atoms with Crippen LogP contribution >= 0.6 is 0 Å². The highest BCUT2D eigenvalue weighted by atomic mass is 32.2. The lowest BCUT2D eigenvalue weighted by Crippen LogP contribution is -2.31. The summed E-state index contributed by atoms with van der Waals surface area (Å²) in [6, 6.07) is 3.25. The number of anilines is 1. The van der Waals surface area contributed by atoms with Crippen molar-refractivity contribution in [3.63, 3.8) is 0 Å². The molecule has 6 nitrogen and oxygen atoms in total. The van der Waals surface area contributed by atoms with Gasteiger partial charge in [-0.15, -0.1) is 0 Å². The van der Waals surface area contributed by atoms with E-state index in [2.05, 4.69) is 17.2 Å². The molecule has 0 saturated carbocycles. The Morgan fingerprint density at radius 1 is 1.38 bits per heavy atom. The van der Waals surface area contributed by atoms with Crippen molar-refractivity contribution >= 4 is 15.8 Å². The maximum atomic E-state index is 12.3. The van der Waals surface area contributed by atoms with Crippen LogP contribution in [0.3, 0.4) is 0 Å². The van der Waals surface area contributed by atoms with Gasteiger partial charge in [-0.2, -0.15) is 4.31 Å². The Morgan fingerprint density at radius 3 is 2.62 bits per heavy atom. The van der Waals surface area contributed by atoms with Crippen LogP contribution in [0.25, 0.3) is 0 Å². The molecule has 0 radical (unpaired) electrons. The molecule has 0 aliphatic heterocycles. The van der Waals surface area contributed by atoms with Crippen LogP contribution in [-0.4, -0.2) is 50.6 Å². The lowest BCUT2D eigenvalue weighted by Gasteiger charge is -2.18. The first-order chi connectivity index (χ1) is 9.87. The van der Waals surface area contributed by atoms with Gasteiger partial charge in [0.15, 0.2) is 0 Å². The largest absolute Gasteiger partial charge is 0.377 e. The molecule has 0 atom stereocenters. The topological polar surface area (TPSA) is 71.5 Å². The van der Waals surface area contributed by atoms with Crippen molar-refractivity contribution in [3.05, 3.63) is 18.3 Å². The number of hydrogen-bond donors (Lipinski definition) is 1. The summed E-state index contributed by atoms with van der Waals surface area (Å²) < 4.78 is 31.3. The van der Waals surface area contributed by atoms with Gasteiger partial charge in [0.2, 0.25) is 10.0 Å². The molecule has 1 aromatic rings. The zero-order valence-electron chi connectivity index (χ0n) is 13.2. The smallest absolute Gasteiger partial charge is 0.244 e. The molecule has 7 heteroatoms. The highest BCUT2D eigenvalue weighted by Crippen LogP contribution is 2.15. The molecule has 1 aromatic heterocycles. The molecule has 0 saturated heterocycles. The molecular weight excluding hydrogens is 290 g/mol. The number of likely N-dealkylation sites (N-methyl/N-ethyl adjacent to an activating group) is 1. The summed E-state index contributed by atoms with van der Waals surface area (Å²) in [5.41, 5.74) is 0. The number of nitrogens with one attached hydrogen (secondary N) is 1. The molecule has 0 aliphatic carbocycles. The van der Waals surface area contributed by atoms with E-state index in [-0.39, 0.29) is 11.0 Å². The van der Waals surface area contributed by atoms with Gasteiger partial charge in [-0.25, -0.2) is 13.4 Å². The molecular formula is C14H25N3O3S. The van der Waals surface area contributed by atoms with E-state index in [1.54, 1.807) is 19.2 Å². The maximum absolute atomic E-state index is 12.3. The van der Waals surface area contributed by atoms with Crippen LogP contribution in [0, 0.1) is 0 Å². The minimum absolute atomic E-state index is 0.0895. The molecule has 0 unspecified atom stereocenters. The van der Waals surface area contributed by atoms with E-state index in [1.807, 2.05) is 13.8 Å². The summed E-state index contributed by atoms with van der Waals surface area (Å²) in [6.07, 6.45) is 2.46. The quantitative estimate of drug-likeness (QED) is 0.754. The van der Waals surface area contributed by atoms with Crippen molar-refractivity contribution in [1.82, 2.24) is 9.29 Å². The van der Waals surface area contributed by atoms with Crippen LogP contribution < -0.4 is 5.32 Å². The standard InChI is InChI=1S/C14H25N3O3S/c1-5-8-15-14-7-6-13(11-16-14)21(18,19)17(4)9-10-20-12(2)3/h6-7,11-12H,5,8-10H2,1-4H3,(H,15,16). The monoisotopic (exact) mass is 315 g/mol. The Balaban J connectivity index is 2.68. The van der Waals surface area contributed by atoms with E-state index in [4.69, 9.17) is 4.74 Å². The summed E-state index contributed by atoms with van der Waals surface area (Å²) >= 11 is 0. The van der Waals surface area contributed by atoms with Crippen LogP contribution in [-0.2, 0) is 14.8 Å². The Morgan fingerprint density at radius 2 is 2.10 bits per heavy atom. The van der Waals surface area contributed by atoms with E-state index in [0.717, 1.165) is 13.0 Å². The van der Waals surface area contributed by atoms with Crippen LogP contribution in [0.15, 0.2) is 23.2 Å². The fourth-order valence-electron chi connectivity index (χ4n) is 1.61. The first-order valence-corrected chi connectivity index (χ1v) is 8.59. The number of ether oxygens (including phenoxy) is 1. The predicted octanol–water partition coefficient (Wildman–Crippen LogP) is 1.95. The van der Waals surface area contributed by atoms with Crippen LogP contribution in [0.4, 0.5) is 5.82 Å². The molecule has 0 amide bonds. The van der Waals surface area contributed by atoms with Gasteiger partial charge in [0.25, 0.3) is 0 Å². The summed E-state index contributed by atoms with van der Waals surface area (Å²) in [6.45, 7) is 7.39. The minimum Gasteiger partial charge on any atom is -0.377 e. The summed E-state index contributed by atoms with van der Waals surface area (Å²) in [5, 5.41) is 3.11. The van der Waals surface area contributed by atoms with E-state index >= 15 is 0 Å². The fraction of sp³-hybridized carbons (Fsp3) is 0.643. The average Bonchev–Trinajstić information content (AvgIpc) is 2.45. The van der Waals surface area contributed by atoms with Gasteiger partial charge in [-0.05, 0) is 32.4 Å². The highest BCUT2D eigenvalue weighted by molar-refractivity contribution is 7.89. The molecule has 1 N–H and O–H groups in total. The van der Waals surface area contributed by atoms with E-state index in [0.29, 0.717) is 19.0 Å². The molecule has 120 valence electrons. The Bertz CT molecular complexity index is 515. The molecule has 0 fully saturated rings. The first-order valence-electron chi connectivity index (χ1n) is 7.15. The van der Waals surface area contributed by atoms with Crippen molar-refractivity contribution in [1.29, 1.82) is 0 Å². The van der Waals surface area contributed by atoms with E-state index < -0.39 is 10.0 Å². The highest BCUT2D eigenvalue weighted by Gasteiger charge is 2.20. The number of pyridine rings is 1. The molecule has 21 heavy (non-hydrogen) atoms. The van der Waals surface area contributed by atoms with E-state index in [9.17, 15) is 8.42 Å². The molecule has 1 rings (SSSR count).